The van der Waals surface area contributed by atoms with Gasteiger partial charge in [-0.1, -0.05) is 25.7 Å². The number of hydrogen-bond acceptors (Lipinski definition) is 3. The third-order valence-electron chi connectivity index (χ3n) is 5.59. The lowest BCUT2D eigenvalue weighted by atomic mass is 9.92. The van der Waals surface area contributed by atoms with Crippen LogP contribution in [0.3, 0.4) is 0 Å². The summed E-state index contributed by atoms with van der Waals surface area (Å²) in [5.74, 6) is 2.93. The second kappa shape index (κ2) is 4.89. The monoisotopic (exact) mass is 260 g/mol. The molecule has 1 saturated heterocycles. The van der Waals surface area contributed by atoms with Crippen LogP contribution in [0.1, 0.15) is 69.3 Å². The molecule has 3 fully saturated rings. The highest BCUT2D eigenvalue weighted by Gasteiger charge is 2.42. The minimum absolute atomic E-state index is 0.469. The van der Waals surface area contributed by atoms with Crippen LogP contribution in [-0.4, -0.2) is 21.3 Å². The molecule has 4 heteroatoms. The fraction of sp³-hybridized carbons (Fsp3) is 0.867. The molecule has 0 spiro atoms. The molecule has 1 aliphatic heterocycles. The van der Waals surface area contributed by atoms with E-state index >= 15 is 0 Å². The summed E-state index contributed by atoms with van der Waals surface area (Å²) >= 11 is 0. The average Bonchev–Trinajstić information content (AvgIpc) is 3.15. The van der Waals surface area contributed by atoms with Crippen molar-refractivity contribution in [2.45, 2.75) is 63.5 Å². The lowest BCUT2D eigenvalue weighted by molar-refractivity contribution is 0.322. The highest BCUT2D eigenvalue weighted by atomic mass is 15.3. The van der Waals surface area contributed by atoms with Crippen molar-refractivity contribution >= 4 is 0 Å². The Morgan fingerprint density at radius 2 is 1.95 bits per heavy atom. The molecular formula is C15H24N4. The van der Waals surface area contributed by atoms with Crippen LogP contribution < -0.4 is 5.32 Å². The van der Waals surface area contributed by atoms with Gasteiger partial charge in [0.1, 0.15) is 6.33 Å². The molecular weight excluding hydrogens is 236 g/mol. The summed E-state index contributed by atoms with van der Waals surface area (Å²) in [5, 5.41) is 12.4. The van der Waals surface area contributed by atoms with Gasteiger partial charge in [-0.05, 0) is 44.1 Å². The lowest BCUT2D eigenvalue weighted by Crippen LogP contribution is -2.24. The Hall–Kier alpha value is -0.900. The van der Waals surface area contributed by atoms with Crippen molar-refractivity contribution in [2.24, 2.45) is 11.8 Å². The third kappa shape index (κ3) is 2.00. The molecule has 0 amide bonds. The standard InChI is InChI=1S/C15H24N4/c1-2-6-12(7-3-1)19-10-17-18-15(19)14-13-8-4-5-11(13)9-16-14/h10-14,16H,1-9H2. The summed E-state index contributed by atoms with van der Waals surface area (Å²) in [4.78, 5) is 0. The van der Waals surface area contributed by atoms with E-state index in [-0.39, 0.29) is 0 Å². The van der Waals surface area contributed by atoms with Crippen LogP contribution in [0.15, 0.2) is 6.33 Å². The quantitative estimate of drug-likeness (QED) is 0.889. The molecule has 0 radical (unpaired) electrons. The summed E-state index contributed by atoms with van der Waals surface area (Å²) in [5.41, 5.74) is 0. The minimum Gasteiger partial charge on any atom is -0.313 e. The molecule has 2 saturated carbocycles. The summed E-state index contributed by atoms with van der Waals surface area (Å²) in [7, 11) is 0. The zero-order valence-electron chi connectivity index (χ0n) is 11.6. The Morgan fingerprint density at radius 3 is 2.84 bits per heavy atom. The molecule has 3 atom stereocenters. The van der Waals surface area contributed by atoms with Gasteiger partial charge in [-0.25, -0.2) is 0 Å². The second-order valence-electron chi connectivity index (χ2n) is 6.63. The van der Waals surface area contributed by atoms with Crippen molar-refractivity contribution in [3.63, 3.8) is 0 Å². The highest BCUT2D eigenvalue weighted by Crippen LogP contribution is 2.44. The highest BCUT2D eigenvalue weighted by molar-refractivity contribution is 5.07. The first-order valence-electron chi connectivity index (χ1n) is 8.06. The van der Waals surface area contributed by atoms with E-state index in [9.17, 15) is 0 Å². The fourth-order valence-corrected chi connectivity index (χ4v) is 4.59. The molecule has 2 heterocycles. The van der Waals surface area contributed by atoms with Gasteiger partial charge in [0.15, 0.2) is 5.82 Å². The average molecular weight is 260 g/mol. The van der Waals surface area contributed by atoms with Gasteiger partial charge in [0.25, 0.3) is 0 Å². The first-order chi connectivity index (χ1) is 9.43. The normalized spacial score (nSPS) is 35.7. The predicted octanol–water partition coefficient (Wildman–Crippen LogP) is 2.84. The zero-order valence-corrected chi connectivity index (χ0v) is 11.6. The van der Waals surface area contributed by atoms with Gasteiger partial charge >= 0.3 is 0 Å². The van der Waals surface area contributed by atoms with Crippen molar-refractivity contribution in [3.8, 4) is 0 Å². The smallest absolute Gasteiger partial charge is 0.150 e. The van der Waals surface area contributed by atoms with E-state index in [2.05, 4.69) is 20.1 Å². The maximum Gasteiger partial charge on any atom is 0.150 e. The molecule has 0 bridgehead atoms. The SMILES string of the molecule is c1nnc(C2NCC3CCCC32)n1C1CCCCC1. The van der Waals surface area contributed by atoms with Gasteiger partial charge < -0.3 is 9.88 Å². The van der Waals surface area contributed by atoms with E-state index in [0.717, 1.165) is 11.8 Å². The van der Waals surface area contributed by atoms with Crippen LogP contribution >= 0.6 is 0 Å². The molecule has 1 aromatic rings. The van der Waals surface area contributed by atoms with Crippen molar-refractivity contribution in [1.29, 1.82) is 0 Å². The number of hydrogen-bond donors (Lipinski definition) is 1. The van der Waals surface area contributed by atoms with Gasteiger partial charge in [-0.15, -0.1) is 10.2 Å². The van der Waals surface area contributed by atoms with Crippen LogP contribution in [0.2, 0.25) is 0 Å². The number of nitrogens with one attached hydrogen (secondary N) is 1. The molecule has 2 aliphatic carbocycles. The second-order valence-corrected chi connectivity index (χ2v) is 6.63. The molecule has 19 heavy (non-hydrogen) atoms. The molecule has 1 aromatic heterocycles. The van der Waals surface area contributed by atoms with Crippen molar-refractivity contribution < 1.29 is 0 Å². The summed E-state index contributed by atoms with van der Waals surface area (Å²) in [6, 6.07) is 1.12. The maximum absolute atomic E-state index is 4.48. The first-order valence-corrected chi connectivity index (χ1v) is 8.06. The molecule has 3 unspecified atom stereocenters. The largest absolute Gasteiger partial charge is 0.313 e. The van der Waals surface area contributed by atoms with Crippen LogP contribution in [0.5, 0.6) is 0 Å². The molecule has 104 valence electrons. The first kappa shape index (κ1) is 11.9. The van der Waals surface area contributed by atoms with Gasteiger partial charge in [0.05, 0.1) is 6.04 Å². The van der Waals surface area contributed by atoms with Crippen LogP contribution in [0.25, 0.3) is 0 Å². The molecule has 4 rings (SSSR count). The molecule has 4 nitrogen and oxygen atoms in total. The third-order valence-corrected chi connectivity index (χ3v) is 5.59. The number of rotatable bonds is 2. The number of aromatic nitrogens is 3. The van der Waals surface area contributed by atoms with Gasteiger partial charge in [-0.2, -0.15) is 0 Å². The number of nitrogens with zero attached hydrogens (tertiary/aromatic N) is 3. The van der Waals surface area contributed by atoms with Crippen molar-refractivity contribution in [2.75, 3.05) is 6.54 Å². The molecule has 0 aromatic carbocycles. The summed E-state index contributed by atoms with van der Waals surface area (Å²) in [6.07, 6.45) is 12.9. The van der Waals surface area contributed by atoms with Crippen LogP contribution in [0.4, 0.5) is 0 Å². The topological polar surface area (TPSA) is 42.7 Å². The van der Waals surface area contributed by atoms with E-state index < -0.39 is 0 Å². The Labute approximate surface area is 115 Å². The zero-order chi connectivity index (χ0) is 12.7. The van der Waals surface area contributed by atoms with Crippen LogP contribution in [-0.2, 0) is 0 Å². The van der Waals surface area contributed by atoms with E-state index in [4.69, 9.17) is 0 Å². The van der Waals surface area contributed by atoms with E-state index in [1.54, 1.807) is 0 Å². The Kier molecular flexibility index (Phi) is 3.06. The maximum atomic E-state index is 4.48. The van der Waals surface area contributed by atoms with Crippen molar-refractivity contribution in [1.82, 2.24) is 20.1 Å². The van der Waals surface area contributed by atoms with Gasteiger partial charge in [-0.3, -0.25) is 0 Å². The Balaban J connectivity index is 1.59. The summed E-state index contributed by atoms with van der Waals surface area (Å²) < 4.78 is 2.40. The van der Waals surface area contributed by atoms with E-state index in [1.165, 1.54) is 63.7 Å². The van der Waals surface area contributed by atoms with Gasteiger partial charge in [0.2, 0.25) is 0 Å². The predicted molar refractivity (Wildman–Crippen MR) is 73.7 cm³/mol. The van der Waals surface area contributed by atoms with Gasteiger partial charge in [0, 0.05) is 6.04 Å². The molecule has 3 aliphatic rings. The van der Waals surface area contributed by atoms with E-state index in [0.29, 0.717) is 12.1 Å². The van der Waals surface area contributed by atoms with E-state index in [1.807, 2.05) is 6.33 Å². The minimum atomic E-state index is 0.469. The van der Waals surface area contributed by atoms with Crippen molar-refractivity contribution in [3.05, 3.63) is 12.2 Å². The Bertz CT molecular complexity index is 435. The Morgan fingerprint density at radius 1 is 1.05 bits per heavy atom. The van der Waals surface area contributed by atoms with Crippen LogP contribution in [0, 0.1) is 11.8 Å². The molecule has 1 N–H and O–H groups in total. The fourth-order valence-electron chi connectivity index (χ4n) is 4.59. The number of fused-ring (bicyclic) bond motifs is 1. The summed E-state index contributed by atoms with van der Waals surface area (Å²) in [6.45, 7) is 1.19. The lowest BCUT2D eigenvalue weighted by Gasteiger charge is -2.26.